The third-order valence-electron chi connectivity index (χ3n) is 4.49. The fourth-order valence-electron chi connectivity index (χ4n) is 2.73. The minimum Gasteiger partial charge on any atom is -0.306 e. The van der Waals surface area contributed by atoms with Crippen LogP contribution in [0.25, 0.3) is 0 Å². The zero-order chi connectivity index (χ0) is 20.0. The predicted octanol–water partition coefficient (Wildman–Crippen LogP) is 3.05. The molecule has 0 radical (unpaired) electrons. The Balaban J connectivity index is 1.71. The molecule has 4 rings (SSSR count). The maximum atomic E-state index is 13.9. The lowest BCUT2D eigenvalue weighted by Gasteiger charge is -2.13. The van der Waals surface area contributed by atoms with E-state index in [1.54, 1.807) is 13.0 Å². The number of carbonyl (C=O) groups is 2. The van der Waals surface area contributed by atoms with Crippen LogP contribution < -0.4 is 5.32 Å². The normalized spacial score (nSPS) is 16.7. The lowest BCUT2D eigenvalue weighted by atomic mass is 10.2. The first-order valence-electron chi connectivity index (χ1n) is 8.58. The summed E-state index contributed by atoms with van der Waals surface area (Å²) in [6.45, 7) is 5.23. The minimum absolute atomic E-state index is 0.0170. The van der Waals surface area contributed by atoms with Crippen LogP contribution in [0.1, 0.15) is 41.7 Å². The minimum atomic E-state index is -0.985. The summed E-state index contributed by atoms with van der Waals surface area (Å²) in [6.07, 6.45) is 1.92. The lowest BCUT2D eigenvalue weighted by molar-refractivity contribution is -0.113. The number of hydrogen-bond acceptors (Lipinski definition) is 4. The molecule has 0 atom stereocenters. The van der Waals surface area contributed by atoms with Crippen molar-refractivity contribution in [1.29, 1.82) is 0 Å². The van der Waals surface area contributed by atoms with Crippen LogP contribution in [0.15, 0.2) is 46.4 Å². The standard InChI is InChI=1S/C19H15F2N5O2/c1-9-10(2)22-19(24-17(9)27)26-16(8-15(25-26)11-3-4-11)23-18(28)13-6-5-12(20)7-14(13)21/h5-8,11H,1,3-4H2,2H3,(H,23,28). The van der Waals surface area contributed by atoms with Gasteiger partial charge >= 0.3 is 0 Å². The summed E-state index contributed by atoms with van der Waals surface area (Å²) < 4.78 is 28.3. The van der Waals surface area contributed by atoms with Crippen molar-refractivity contribution < 1.29 is 18.4 Å². The van der Waals surface area contributed by atoms with Gasteiger partial charge in [-0.15, -0.1) is 0 Å². The van der Waals surface area contributed by atoms with Crippen molar-refractivity contribution in [1.82, 2.24) is 9.78 Å². The first-order chi connectivity index (χ1) is 13.3. The van der Waals surface area contributed by atoms with Crippen LogP contribution in [-0.2, 0) is 4.79 Å². The molecule has 0 unspecified atom stereocenters. The fourth-order valence-corrected chi connectivity index (χ4v) is 2.73. The van der Waals surface area contributed by atoms with Gasteiger partial charge in [0.05, 0.1) is 22.5 Å². The highest BCUT2D eigenvalue weighted by molar-refractivity contribution is 6.28. The summed E-state index contributed by atoms with van der Waals surface area (Å²) >= 11 is 0. The van der Waals surface area contributed by atoms with Crippen molar-refractivity contribution in [2.45, 2.75) is 25.7 Å². The molecule has 2 heterocycles. The molecule has 0 bridgehead atoms. The Bertz CT molecular complexity index is 1100. The van der Waals surface area contributed by atoms with Gasteiger partial charge in [-0.2, -0.15) is 14.8 Å². The predicted molar refractivity (Wildman–Crippen MR) is 98.6 cm³/mol. The van der Waals surface area contributed by atoms with Gasteiger partial charge in [-0.05, 0) is 31.9 Å². The first kappa shape index (κ1) is 17.9. The molecule has 1 saturated carbocycles. The number of amides is 2. The second kappa shape index (κ2) is 6.59. The average molecular weight is 383 g/mol. The number of nitrogens with zero attached hydrogens (tertiary/aromatic N) is 4. The van der Waals surface area contributed by atoms with Crippen LogP contribution in [0.5, 0.6) is 0 Å². The smallest absolute Gasteiger partial charge is 0.281 e. The van der Waals surface area contributed by atoms with Crippen LogP contribution in [0.3, 0.4) is 0 Å². The van der Waals surface area contributed by atoms with E-state index in [0.717, 1.165) is 25.0 Å². The van der Waals surface area contributed by atoms with Crippen molar-refractivity contribution in [2.24, 2.45) is 9.98 Å². The number of halogens is 2. The number of nitrogens with one attached hydrogen (secondary N) is 1. The summed E-state index contributed by atoms with van der Waals surface area (Å²) in [5.41, 5.74) is 0.955. The average Bonchev–Trinajstić information content (AvgIpc) is 3.40. The molecular weight excluding hydrogens is 368 g/mol. The van der Waals surface area contributed by atoms with Crippen molar-refractivity contribution >= 4 is 29.3 Å². The van der Waals surface area contributed by atoms with Gasteiger partial charge in [0.2, 0.25) is 0 Å². The highest BCUT2D eigenvalue weighted by atomic mass is 19.1. The Hall–Kier alpha value is -3.49. The van der Waals surface area contributed by atoms with E-state index in [-0.39, 0.29) is 28.8 Å². The van der Waals surface area contributed by atoms with E-state index >= 15 is 0 Å². The molecule has 9 heteroatoms. The van der Waals surface area contributed by atoms with Crippen molar-refractivity contribution in [3.05, 3.63) is 59.3 Å². The van der Waals surface area contributed by atoms with Crippen molar-refractivity contribution in [2.75, 3.05) is 5.32 Å². The molecule has 2 amide bonds. The summed E-state index contributed by atoms with van der Waals surface area (Å²) in [4.78, 5) is 32.6. The molecule has 0 saturated heterocycles. The molecule has 1 fully saturated rings. The quantitative estimate of drug-likeness (QED) is 0.826. The maximum Gasteiger partial charge on any atom is 0.281 e. The molecule has 7 nitrogen and oxygen atoms in total. The van der Waals surface area contributed by atoms with E-state index in [2.05, 4.69) is 27.0 Å². The molecule has 1 aliphatic heterocycles. The Morgan fingerprint density at radius 2 is 2.00 bits per heavy atom. The Morgan fingerprint density at radius 1 is 1.25 bits per heavy atom. The zero-order valence-corrected chi connectivity index (χ0v) is 14.9. The number of hydrogen-bond donors (Lipinski definition) is 1. The molecule has 28 heavy (non-hydrogen) atoms. The Kier molecular flexibility index (Phi) is 4.21. The van der Waals surface area contributed by atoms with E-state index < -0.39 is 23.4 Å². The van der Waals surface area contributed by atoms with Crippen LogP contribution in [0, 0.1) is 11.6 Å². The molecule has 2 aliphatic rings. The molecule has 1 aromatic heterocycles. The number of carbonyl (C=O) groups excluding carboxylic acids is 2. The second-order valence-corrected chi connectivity index (χ2v) is 6.61. The van der Waals surface area contributed by atoms with E-state index in [1.165, 1.54) is 4.68 Å². The number of rotatable bonds is 3. The molecule has 0 spiro atoms. The molecule has 142 valence electrons. The Morgan fingerprint density at radius 3 is 2.64 bits per heavy atom. The molecule has 1 N–H and O–H groups in total. The van der Waals surface area contributed by atoms with E-state index in [0.29, 0.717) is 17.5 Å². The zero-order valence-electron chi connectivity index (χ0n) is 14.9. The molecule has 1 aliphatic carbocycles. The fraction of sp³-hybridized carbons (Fsp3) is 0.211. The SMILES string of the molecule is C=C1C(=O)N=C(n2nc(C3CC3)cc2NC(=O)c2ccc(F)cc2F)N=C1C. The summed E-state index contributed by atoms with van der Waals surface area (Å²) in [6, 6.07) is 4.31. The van der Waals surface area contributed by atoms with Crippen LogP contribution in [0.4, 0.5) is 14.6 Å². The highest BCUT2D eigenvalue weighted by Crippen LogP contribution is 2.40. The third kappa shape index (κ3) is 3.26. The van der Waals surface area contributed by atoms with Crippen LogP contribution >= 0.6 is 0 Å². The highest BCUT2D eigenvalue weighted by Gasteiger charge is 2.30. The van der Waals surface area contributed by atoms with Crippen molar-refractivity contribution in [3.8, 4) is 0 Å². The summed E-state index contributed by atoms with van der Waals surface area (Å²) in [7, 11) is 0. The number of aromatic nitrogens is 2. The maximum absolute atomic E-state index is 13.9. The van der Waals surface area contributed by atoms with Gasteiger partial charge < -0.3 is 5.32 Å². The largest absolute Gasteiger partial charge is 0.306 e. The van der Waals surface area contributed by atoms with Gasteiger partial charge in [0, 0.05) is 18.1 Å². The van der Waals surface area contributed by atoms with E-state index in [9.17, 15) is 18.4 Å². The van der Waals surface area contributed by atoms with Crippen LogP contribution in [-0.4, -0.2) is 33.3 Å². The molecule has 2 aromatic rings. The van der Waals surface area contributed by atoms with E-state index in [1.807, 2.05) is 0 Å². The van der Waals surface area contributed by atoms with Crippen molar-refractivity contribution in [3.63, 3.8) is 0 Å². The number of anilines is 1. The number of benzene rings is 1. The van der Waals surface area contributed by atoms with Gasteiger partial charge in [0.15, 0.2) is 0 Å². The van der Waals surface area contributed by atoms with Gasteiger partial charge in [0.1, 0.15) is 17.5 Å². The van der Waals surface area contributed by atoms with Gasteiger partial charge in [-0.25, -0.2) is 13.8 Å². The van der Waals surface area contributed by atoms with Gasteiger partial charge in [-0.3, -0.25) is 9.59 Å². The topological polar surface area (TPSA) is 88.7 Å². The lowest BCUT2D eigenvalue weighted by Crippen LogP contribution is -2.25. The molecular formula is C19H15F2N5O2. The second-order valence-electron chi connectivity index (χ2n) is 6.61. The van der Waals surface area contributed by atoms with Gasteiger partial charge in [-0.1, -0.05) is 6.58 Å². The van der Waals surface area contributed by atoms with Gasteiger partial charge in [0.25, 0.3) is 17.8 Å². The third-order valence-corrected chi connectivity index (χ3v) is 4.49. The summed E-state index contributed by atoms with van der Waals surface area (Å²) in [5.74, 6) is -2.68. The first-order valence-corrected chi connectivity index (χ1v) is 8.58. The Labute approximate surface area is 158 Å². The van der Waals surface area contributed by atoms with Crippen LogP contribution in [0.2, 0.25) is 0 Å². The number of aliphatic imine (C=N–C) groups is 2. The molecule has 1 aromatic carbocycles. The van der Waals surface area contributed by atoms with E-state index in [4.69, 9.17) is 0 Å². The monoisotopic (exact) mass is 383 g/mol. The summed E-state index contributed by atoms with van der Waals surface area (Å²) in [5, 5.41) is 6.95.